The highest BCUT2D eigenvalue weighted by atomic mass is 16.5. The number of methoxy groups -OCH3 is 1. The van der Waals surface area contributed by atoms with Gasteiger partial charge in [0.1, 0.15) is 5.75 Å². The second-order valence-electron chi connectivity index (χ2n) is 2.28. The molecule has 0 aliphatic rings. The lowest BCUT2D eigenvalue weighted by atomic mass is 10.2. The molecule has 1 aromatic carbocycles. The van der Waals surface area contributed by atoms with E-state index in [0.717, 1.165) is 11.4 Å². The zero-order valence-electron chi connectivity index (χ0n) is 7.09. The van der Waals surface area contributed by atoms with Gasteiger partial charge in [-0.3, -0.25) is 10.7 Å². The van der Waals surface area contributed by atoms with Crippen molar-refractivity contribution in [3.05, 3.63) is 18.2 Å². The van der Waals surface area contributed by atoms with Gasteiger partial charge in [0.2, 0.25) is 0 Å². The fourth-order valence-corrected chi connectivity index (χ4v) is 0.973. The van der Waals surface area contributed by atoms with E-state index < -0.39 is 0 Å². The molecule has 0 amide bonds. The van der Waals surface area contributed by atoms with Crippen LogP contribution in [0.25, 0.3) is 0 Å². The predicted octanol–water partition coefficient (Wildman–Crippen LogP) is 1.54. The first kappa shape index (κ1) is 8.67. The summed E-state index contributed by atoms with van der Waals surface area (Å²) >= 11 is 0. The Balaban J connectivity index is 3.02. The molecule has 0 heterocycles. The van der Waals surface area contributed by atoms with Gasteiger partial charge in [-0.15, -0.1) is 0 Å². The number of benzene rings is 1. The molecular weight excluding hydrogens is 156 g/mol. The lowest BCUT2D eigenvalue weighted by Crippen LogP contribution is -1.96. The lowest BCUT2D eigenvalue weighted by molar-refractivity contribution is 0.388. The third-order valence-electron chi connectivity index (χ3n) is 1.60. The molecule has 0 atom stereocenters. The van der Waals surface area contributed by atoms with Crippen LogP contribution in [-0.2, 0) is 0 Å². The fraction of sp³-hybridized carbons (Fsp3) is 0.250. The molecule has 0 aliphatic carbocycles. The quantitative estimate of drug-likeness (QED) is 0.599. The normalized spacial score (nSPS) is 9.25. The molecule has 0 aliphatic heterocycles. The van der Waals surface area contributed by atoms with Crippen LogP contribution in [0.2, 0.25) is 0 Å². The van der Waals surface area contributed by atoms with Crippen molar-refractivity contribution in [3.63, 3.8) is 0 Å². The third-order valence-corrected chi connectivity index (χ3v) is 1.60. The Labute approximate surface area is 71.1 Å². The van der Waals surface area contributed by atoms with Crippen LogP contribution in [0.3, 0.4) is 0 Å². The van der Waals surface area contributed by atoms with Crippen molar-refractivity contribution in [1.29, 1.82) is 0 Å². The van der Waals surface area contributed by atoms with E-state index in [9.17, 15) is 0 Å². The Morgan fingerprint density at radius 3 is 2.67 bits per heavy atom. The summed E-state index contributed by atoms with van der Waals surface area (Å²) in [6.45, 7) is 0. The van der Waals surface area contributed by atoms with Crippen LogP contribution in [-0.4, -0.2) is 19.4 Å². The number of rotatable bonds is 3. The lowest BCUT2D eigenvalue weighted by Gasteiger charge is -2.08. The third kappa shape index (κ3) is 1.60. The first-order valence-corrected chi connectivity index (χ1v) is 3.57. The van der Waals surface area contributed by atoms with Crippen molar-refractivity contribution in [2.24, 2.45) is 0 Å². The van der Waals surface area contributed by atoms with E-state index in [1.165, 1.54) is 0 Å². The van der Waals surface area contributed by atoms with Gasteiger partial charge < -0.3 is 10.1 Å². The molecule has 4 nitrogen and oxygen atoms in total. The van der Waals surface area contributed by atoms with E-state index >= 15 is 0 Å². The van der Waals surface area contributed by atoms with E-state index in [0.29, 0.717) is 5.69 Å². The molecule has 4 heteroatoms. The molecule has 0 spiro atoms. The van der Waals surface area contributed by atoms with E-state index in [-0.39, 0.29) is 0 Å². The maximum atomic E-state index is 8.60. The van der Waals surface area contributed by atoms with Gasteiger partial charge in [-0.05, 0) is 18.2 Å². The smallest absolute Gasteiger partial charge is 0.142 e. The average molecular weight is 168 g/mol. The minimum Gasteiger partial charge on any atom is -0.495 e. The maximum absolute atomic E-state index is 8.60. The van der Waals surface area contributed by atoms with E-state index in [4.69, 9.17) is 9.94 Å². The summed E-state index contributed by atoms with van der Waals surface area (Å²) in [5.74, 6) is 0.747. The maximum Gasteiger partial charge on any atom is 0.142 e. The second-order valence-corrected chi connectivity index (χ2v) is 2.28. The van der Waals surface area contributed by atoms with Crippen LogP contribution in [0.5, 0.6) is 5.75 Å². The van der Waals surface area contributed by atoms with Crippen LogP contribution in [0.1, 0.15) is 0 Å². The van der Waals surface area contributed by atoms with Crippen LogP contribution >= 0.6 is 0 Å². The Hall–Kier alpha value is -1.42. The zero-order valence-corrected chi connectivity index (χ0v) is 7.09. The van der Waals surface area contributed by atoms with E-state index in [1.54, 1.807) is 32.4 Å². The van der Waals surface area contributed by atoms with Gasteiger partial charge in [0.05, 0.1) is 18.5 Å². The first-order valence-electron chi connectivity index (χ1n) is 3.57. The molecule has 0 aromatic heterocycles. The molecule has 0 fully saturated rings. The molecule has 3 N–H and O–H groups in total. The molecule has 12 heavy (non-hydrogen) atoms. The number of ether oxygens (including phenoxy) is 1. The number of nitrogens with one attached hydrogen (secondary N) is 2. The average Bonchev–Trinajstić information content (AvgIpc) is 2.16. The Morgan fingerprint density at radius 2 is 2.17 bits per heavy atom. The topological polar surface area (TPSA) is 53.5 Å². The van der Waals surface area contributed by atoms with Crippen molar-refractivity contribution in [2.45, 2.75) is 0 Å². The van der Waals surface area contributed by atoms with Gasteiger partial charge in [-0.25, -0.2) is 0 Å². The largest absolute Gasteiger partial charge is 0.495 e. The summed E-state index contributed by atoms with van der Waals surface area (Å²) in [5.41, 5.74) is 3.51. The highest BCUT2D eigenvalue weighted by Crippen LogP contribution is 2.26. The molecule has 1 rings (SSSR count). The summed E-state index contributed by atoms with van der Waals surface area (Å²) in [6.07, 6.45) is 0. The minimum atomic E-state index is 0.625. The zero-order chi connectivity index (χ0) is 8.97. The summed E-state index contributed by atoms with van der Waals surface area (Å²) in [6, 6.07) is 5.24. The van der Waals surface area contributed by atoms with E-state index in [2.05, 4.69) is 10.8 Å². The van der Waals surface area contributed by atoms with Gasteiger partial charge in [0.25, 0.3) is 0 Å². The highest BCUT2D eigenvalue weighted by molar-refractivity contribution is 5.63. The van der Waals surface area contributed by atoms with Crippen LogP contribution in [0, 0.1) is 0 Å². The van der Waals surface area contributed by atoms with E-state index in [1.807, 2.05) is 0 Å². The van der Waals surface area contributed by atoms with Gasteiger partial charge in [-0.2, -0.15) is 0 Å². The Kier molecular flexibility index (Phi) is 2.76. The van der Waals surface area contributed by atoms with Crippen LogP contribution < -0.4 is 15.5 Å². The summed E-state index contributed by atoms with van der Waals surface area (Å²) in [7, 11) is 3.39. The van der Waals surface area contributed by atoms with Crippen LogP contribution in [0.15, 0.2) is 18.2 Å². The molecule has 0 saturated carbocycles. The highest BCUT2D eigenvalue weighted by Gasteiger charge is 2.00. The van der Waals surface area contributed by atoms with Gasteiger partial charge in [0.15, 0.2) is 0 Å². The molecule has 66 valence electrons. The molecule has 0 saturated heterocycles. The molecular formula is C8H12N2O2. The standard InChI is InChI=1S/C8H12N2O2/c1-9-7-5-6(10-11)3-4-8(7)12-2/h3-5,9-11H,1-2H3. The minimum absolute atomic E-state index is 0.625. The van der Waals surface area contributed by atoms with Crippen molar-refractivity contribution >= 4 is 11.4 Å². The number of hydrogen-bond donors (Lipinski definition) is 3. The summed E-state index contributed by atoms with van der Waals surface area (Å²) in [5, 5.41) is 11.5. The van der Waals surface area contributed by atoms with Crippen molar-refractivity contribution in [2.75, 3.05) is 25.0 Å². The summed E-state index contributed by atoms with van der Waals surface area (Å²) < 4.78 is 5.06. The first-order chi connectivity index (χ1) is 5.81. The number of anilines is 2. The molecule has 0 bridgehead atoms. The van der Waals surface area contributed by atoms with Crippen molar-refractivity contribution in [1.82, 2.24) is 0 Å². The fourth-order valence-electron chi connectivity index (χ4n) is 0.973. The molecule has 1 aromatic rings. The van der Waals surface area contributed by atoms with Gasteiger partial charge >= 0.3 is 0 Å². The predicted molar refractivity (Wildman–Crippen MR) is 47.9 cm³/mol. The SMILES string of the molecule is CNc1cc(NO)ccc1OC. The Morgan fingerprint density at radius 1 is 1.42 bits per heavy atom. The summed E-state index contributed by atoms with van der Waals surface area (Å²) in [4.78, 5) is 0. The monoisotopic (exact) mass is 168 g/mol. The molecule has 0 unspecified atom stereocenters. The Bertz CT molecular complexity index is 263. The number of hydrogen-bond acceptors (Lipinski definition) is 4. The van der Waals surface area contributed by atoms with Crippen molar-refractivity contribution in [3.8, 4) is 5.75 Å². The van der Waals surface area contributed by atoms with Crippen LogP contribution in [0.4, 0.5) is 11.4 Å². The second kappa shape index (κ2) is 3.82. The van der Waals surface area contributed by atoms with Gasteiger partial charge in [0, 0.05) is 7.05 Å². The van der Waals surface area contributed by atoms with Gasteiger partial charge in [-0.1, -0.05) is 0 Å². The molecule has 0 radical (unpaired) electrons. The van der Waals surface area contributed by atoms with Crippen molar-refractivity contribution < 1.29 is 9.94 Å².